The molecule has 0 radical (unpaired) electrons. The van der Waals surface area contributed by atoms with Crippen LogP contribution in [0.4, 0.5) is 0 Å². The van der Waals surface area contributed by atoms with Gasteiger partial charge in [-0.15, -0.1) is 11.3 Å². The summed E-state index contributed by atoms with van der Waals surface area (Å²) in [7, 11) is -1.92. The standard InChI is InChI=1S/C13H18N2O2S2/c1-3-4-6-10-11(12-7-5-8-15-12)9-18-13(10)19(16,17)14-2/h5,7-9,14-15H,3-4,6H2,1-2H3. The molecule has 0 spiro atoms. The lowest BCUT2D eigenvalue weighted by molar-refractivity contribution is 0.589. The van der Waals surface area contributed by atoms with Crippen molar-refractivity contribution in [3.8, 4) is 11.3 Å². The summed E-state index contributed by atoms with van der Waals surface area (Å²) in [4.78, 5) is 3.14. The van der Waals surface area contributed by atoms with Crippen molar-refractivity contribution in [2.75, 3.05) is 7.05 Å². The number of hydrogen-bond acceptors (Lipinski definition) is 3. The van der Waals surface area contributed by atoms with Gasteiger partial charge in [0, 0.05) is 22.8 Å². The normalized spacial score (nSPS) is 11.9. The maximum Gasteiger partial charge on any atom is 0.250 e. The number of rotatable bonds is 6. The van der Waals surface area contributed by atoms with Crippen LogP contribution in [0.15, 0.2) is 27.9 Å². The molecule has 104 valence electrons. The molecule has 0 aliphatic carbocycles. The van der Waals surface area contributed by atoms with Crippen molar-refractivity contribution in [3.63, 3.8) is 0 Å². The summed E-state index contributed by atoms with van der Waals surface area (Å²) in [5, 5.41) is 1.92. The molecule has 19 heavy (non-hydrogen) atoms. The SMILES string of the molecule is CCCCc1c(-c2ccc[nH]2)csc1S(=O)(=O)NC. The Morgan fingerprint density at radius 2 is 2.21 bits per heavy atom. The maximum absolute atomic E-state index is 12.1. The third kappa shape index (κ3) is 2.91. The third-order valence-corrected chi connectivity index (χ3v) is 6.07. The summed E-state index contributed by atoms with van der Waals surface area (Å²) in [5.74, 6) is 0. The molecule has 2 rings (SSSR count). The van der Waals surface area contributed by atoms with Gasteiger partial charge in [-0.2, -0.15) is 0 Å². The van der Waals surface area contributed by atoms with E-state index in [9.17, 15) is 8.42 Å². The van der Waals surface area contributed by atoms with Gasteiger partial charge in [-0.25, -0.2) is 13.1 Å². The minimum Gasteiger partial charge on any atom is -0.361 e. The first-order valence-electron chi connectivity index (χ1n) is 6.27. The minimum atomic E-state index is -3.37. The largest absolute Gasteiger partial charge is 0.361 e. The number of sulfonamides is 1. The molecule has 0 aliphatic rings. The highest BCUT2D eigenvalue weighted by Gasteiger charge is 2.22. The van der Waals surface area contributed by atoms with E-state index in [0.29, 0.717) is 4.21 Å². The number of nitrogens with one attached hydrogen (secondary N) is 2. The van der Waals surface area contributed by atoms with Gasteiger partial charge in [-0.1, -0.05) is 13.3 Å². The van der Waals surface area contributed by atoms with Crippen LogP contribution in [-0.2, 0) is 16.4 Å². The Balaban J connectivity index is 2.51. The van der Waals surface area contributed by atoms with Crippen molar-refractivity contribution in [1.29, 1.82) is 0 Å². The van der Waals surface area contributed by atoms with Crippen LogP contribution in [0.2, 0.25) is 0 Å². The number of aromatic amines is 1. The van der Waals surface area contributed by atoms with E-state index in [-0.39, 0.29) is 0 Å². The molecule has 6 heteroatoms. The van der Waals surface area contributed by atoms with Gasteiger partial charge in [0.25, 0.3) is 0 Å². The molecule has 2 N–H and O–H groups in total. The molecule has 0 saturated carbocycles. The molecule has 2 aromatic heterocycles. The average Bonchev–Trinajstić information content (AvgIpc) is 3.04. The first-order chi connectivity index (χ1) is 9.10. The number of unbranched alkanes of at least 4 members (excludes halogenated alkanes) is 1. The van der Waals surface area contributed by atoms with E-state index in [1.165, 1.54) is 18.4 Å². The Morgan fingerprint density at radius 1 is 1.42 bits per heavy atom. The fourth-order valence-electron chi connectivity index (χ4n) is 2.00. The van der Waals surface area contributed by atoms with Gasteiger partial charge in [0.05, 0.1) is 0 Å². The molecule has 2 aromatic rings. The van der Waals surface area contributed by atoms with Gasteiger partial charge < -0.3 is 4.98 Å². The van der Waals surface area contributed by atoms with E-state index in [1.54, 1.807) is 0 Å². The Labute approximate surface area is 117 Å². The van der Waals surface area contributed by atoms with Crippen LogP contribution in [0.25, 0.3) is 11.3 Å². The van der Waals surface area contributed by atoms with Crippen LogP contribution in [-0.4, -0.2) is 20.4 Å². The van der Waals surface area contributed by atoms with E-state index < -0.39 is 10.0 Å². The topological polar surface area (TPSA) is 62.0 Å². The number of aromatic nitrogens is 1. The first-order valence-corrected chi connectivity index (χ1v) is 8.64. The highest BCUT2D eigenvalue weighted by molar-refractivity contribution is 7.91. The molecule has 0 atom stereocenters. The number of thiophene rings is 1. The van der Waals surface area contributed by atoms with Crippen LogP contribution >= 0.6 is 11.3 Å². The molecule has 0 unspecified atom stereocenters. The lowest BCUT2D eigenvalue weighted by Gasteiger charge is -2.06. The van der Waals surface area contributed by atoms with Crippen molar-refractivity contribution in [1.82, 2.24) is 9.71 Å². The third-order valence-electron chi connectivity index (χ3n) is 3.04. The van der Waals surface area contributed by atoms with Crippen LogP contribution in [0.1, 0.15) is 25.3 Å². The molecule has 0 aromatic carbocycles. The summed E-state index contributed by atoms with van der Waals surface area (Å²) in [6, 6.07) is 3.89. The second-order valence-corrected chi connectivity index (χ2v) is 7.27. The van der Waals surface area contributed by atoms with Gasteiger partial charge in [0.15, 0.2) is 0 Å². The monoisotopic (exact) mass is 298 g/mol. The number of H-pyrrole nitrogens is 1. The van der Waals surface area contributed by atoms with E-state index >= 15 is 0 Å². The summed E-state index contributed by atoms with van der Waals surface area (Å²) in [6.07, 6.45) is 4.66. The molecule has 2 heterocycles. The van der Waals surface area contributed by atoms with E-state index in [2.05, 4.69) is 16.6 Å². The Hall–Kier alpha value is -1.11. The zero-order valence-electron chi connectivity index (χ0n) is 11.1. The van der Waals surface area contributed by atoms with Crippen LogP contribution in [0, 0.1) is 0 Å². The predicted molar refractivity (Wildman–Crippen MR) is 79.0 cm³/mol. The van der Waals surface area contributed by atoms with Gasteiger partial charge in [0.1, 0.15) is 4.21 Å². The second kappa shape index (κ2) is 5.90. The molecule has 0 bridgehead atoms. The van der Waals surface area contributed by atoms with Gasteiger partial charge in [-0.3, -0.25) is 0 Å². The van der Waals surface area contributed by atoms with Crippen molar-refractivity contribution in [2.45, 2.75) is 30.4 Å². The molecular formula is C13H18N2O2S2. The van der Waals surface area contributed by atoms with Crippen LogP contribution < -0.4 is 4.72 Å². The summed E-state index contributed by atoms with van der Waals surface area (Å²) in [5.41, 5.74) is 2.89. The lowest BCUT2D eigenvalue weighted by atomic mass is 10.1. The average molecular weight is 298 g/mol. The van der Waals surface area contributed by atoms with E-state index in [0.717, 1.165) is 36.1 Å². The maximum atomic E-state index is 12.1. The van der Waals surface area contributed by atoms with Crippen LogP contribution in [0.3, 0.4) is 0 Å². The summed E-state index contributed by atoms with van der Waals surface area (Å²) < 4.78 is 27.0. The van der Waals surface area contributed by atoms with E-state index in [1.807, 2.05) is 23.7 Å². The molecule has 4 nitrogen and oxygen atoms in total. The Kier molecular flexibility index (Phi) is 4.44. The van der Waals surface area contributed by atoms with Crippen LogP contribution in [0.5, 0.6) is 0 Å². The summed E-state index contributed by atoms with van der Waals surface area (Å²) >= 11 is 1.29. The first kappa shape index (κ1) is 14.3. The Bertz CT molecular complexity index is 628. The zero-order chi connectivity index (χ0) is 13.9. The molecule has 0 saturated heterocycles. The minimum absolute atomic E-state index is 0.438. The van der Waals surface area contributed by atoms with Gasteiger partial charge >= 0.3 is 0 Å². The van der Waals surface area contributed by atoms with Crippen molar-refractivity contribution in [3.05, 3.63) is 29.3 Å². The fraction of sp³-hybridized carbons (Fsp3) is 0.385. The van der Waals surface area contributed by atoms with Crippen molar-refractivity contribution < 1.29 is 8.42 Å². The predicted octanol–water partition coefficient (Wildman–Crippen LogP) is 2.99. The zero-order valence-corrected chi connectivity index (χ0v) is 12.7. The van der Waals surface area contributed by atoms with E-state index in [4.69, 9.17) is 0 Å². The van der Waals surface area contributed by atoms with Crippen molar-refractivity contribution >= 4 is 21.4 Å². The smallest absolute Gasteiger partial charge is 0.250 e. The number of hydrogen-bond donors (Lipinski definition) is 2. The highest BCUT2D eigenvalue weighted by atomic mass is 32.2. The second-order valence-electron chi connectivity index (χ2n) is 4.31. The molecule has 0 amide bonds. The fourth-order valence-corrected chi connectivity index (χ4v) is 4.47. The van der Waals surface area contributed by atoms with Gasteiger partial charge in [-0.05, 0) is 37.6 Å². The van der Waals surface area contributed by atoms with Crippen molar-refractivity contribution in [2.24, 2.45) is 0 Å². The Morgan fingerprint density at radius 3 is 2.79 bits per heavy atom. The molecule has 0 aliphatic heterocycles. The van der Waals surface area contributed by atoms with Gasteiger partial charge in [0.2, 0.25) is 10.0 Å². The molecule has 0 fully saturated rings. The molecular weight excluding hydrogens is 280 g/mol. The quantitative estimate of drug-likeness (QED) is 0.861. The lowest BCUT2D eigenvalue weighted by Crippen LogP contribution is -2.18. The summed E-state index contributed by atoms with van der Waals surface area (Å²) in [6.45, 7) is 2.10. The highest BCUT2D eigenvalue weighted by Crippen LogP contribution is 2.34.